The van der Waals surface area contributed by atoms with Crippen LogP contribution in [0.15, 0.2) is 42.6 Å². The van der Waals surface area contributed by atoms with Gasteiger partial charge in [0.1, 0.15) is 5.75 Å². The number of benzene rings is 1. The molecular formula is C15H15N3O3S. The highest BCUT2D eigenvalue weighted by atomic mass is 32.1. The van der Waals surface area contributed by atoms with E-state index in [1.54, 1.807) is 7.11 Å². The molecule has 0 bridgehead atoms. The molecule has 0 spiro atoms. The lowest BCUT2D eigenvalue weighted by molar-refractivity contribution is 0.0696. The van der Waals surface area contributed by atoms with Crippen LogP contribution in [0.3, 0.4) is 0 Å². The van der Waals surface area contributed by atoms with E-state index >= 15 is 0 Å². The summed E-state index contributed by atoms with van der Waals surface area (Å²) in [5, 5.41) is 15.3. The number of nitrogens with zero attached hydrogens (tertiary/aromatic N) is 1. The van der Waals surface area contributed by atoms with Crippen LogP contribution in [-0.2, 0) is 6.54 Å². The zero-order valence-electron chi connectivity index (χ0n) is 11.9. The zero-order valence-corrected chi connectivity index (χ0v) is 12.7. The van der Waals surface area contributed by atoms with Gasteiger partial charge in [-0.3, -0.25) is 4.98 Å². The Morgan fingerprint density at radius 1 is 1.36 bits per heavy atom. The molecule has 0 aliphatic heterocycles. The first kappa shape index (κ1) is 15.7. The van der Waals surface area contributed by atoms with Gasteiger partial charge in [-0.25, -0.2) is 4.79 Å². The van der Waals surface area contributed by atoms with E-state index in [2.05, 4.69) is 15.6 Å². The molecule has 6 nitrogen and oxygen atoms in total. The number of ether oxygens (including phenoxy) is 1. The SMILES string of the molecule is COc1ccccc1NC(=S)NCc1cc(C(=O)O)ccn1. The Kier molecular flexibility index (Phi) is 5.26. The minimum absolute atomic E-state index is 0.190. The summed E-state index contributed by atoms with van der Waals surface area (Å²) in [6.07, 6.45) is 1.46. The monoisotopic (exact) mass is 317 g/mol. The van der Waals surface area contributed by atoms with Crippen molar-refractivity contribution in [2.75, 3.05) is 12.4 Å². The molecular weight excluding hydrogens is 302 g/mol. The Balaban J connectivity index is 1.95. The van der Waals surface area contributed by atoms with Gasteiger partial charge in [-0.15, -0.1) is 0 Å². The van der Waals surface area contributed by atoms with Gasteiger partial charge in [0.25, 0.3) is 0 Å². The number of carboxylic acids is 1. The minimum atomic E-state index is -0.988. The molecule has 3 N–H and O–H groups in total. The molecule has 114 valence electrons. The van der Waals surface area contributed by atoms with E-state index in [4.69, 9.17) is 22.1 Å². The molecule has 0 saturated carbocycles. The summed E-state index contributed by atoms with van der Waals surface area (Å²) in [6.45, 7) is 0.322. The van der Waals surface area contributed by atoms with Crippen LogP contribution in [0.4, 0.5) is 5.69 Å². The summed E-state index contributed by atoms with van der Waals surface area (Å²) in [7, 11) is 1.58. The second-order valence-electron chi connectivity index (χ2n) is 4.35. The van der Waals surface area contributed by atoms with Crippen molar-refractivity contribution in [2.24, 2.45) is 0 Å². The highest BCUT2D eigenvalue weighted by molar-refractivity contribution is 7.80. The van der Waals surface area contributed by atoms with Crippen molar-refractivity contribution in [1.29, 1.82) is 0 Å². The van der Waals surface area contributed by atoms with Crippen LogP contribution in [0.2, 0.25) is 0 Å². The number of carboxylic acid groups (broad SMARTS) is 1. The third-order valence-electron chi connectivity index (χ3n) is 2.85. The number of pyridine rings is 1. The molecule has 2 aromatic rings. The Hall–Kier alpha value is -2.67. The number of thiocarbonyl (C=S) groups is 1. The van der Waals surface area contributed by atoms with Crippen molar-refractivity contribution >= 4 is 29.0 Å². The van der Waals surface area contributed by atoms with Crippen LogP contribution in [0, 0.1) is 0 Å². The number of anilines is 1. The van der Waals surface area contributed by atoms with Crippen LogP contribution >= 0.6 is 12.2 Å². The van der Waals surface area contributed by atoms with Crippen molar-refractivity contribution in [3.05, 3.63) is 53.9 Å². The summed E-state index contributed by atoms with van der Waals surface area (Å²) >= 11 is 5.21. The maximum absolute atomic E-state index is 10.9. The van der Waals surface area contributed by atoms with Gasteiger partial charge in [0.15, 0.2) is 5.11 Å². The summed E-state index contributed by atoms with van der Waals surface area (Å²) < 4.78 is 5.22. The third-order valence-corrected chi connectivity index (χ3v) is 3.10. The number of rotatable bonds is 5. The van der Waals surface area contributed by atoms with E-state index in [0.29, 0.717) is 23.1 Å². The largest absolute Gasteiger partial charge is 0.495 e. The fraction of sp³-hybridized carbons (Fsp3) is 0.133. The summed E-state index contributed by atoms with van der Waals surface area (Å²) in [6, 6.07) is 10.3. The van der Waals surface area contributed by atoms with E-state index in [1.165, 1.54) is 18.3 Å². The first-order valence-corrected chi connectivity index (χ1v) is 6.87. The van der Waals surface area contributed by atoms with Gasteiger partial charge in [0, 0.05) is 6.20 Å². The molecule has 0 fully saturated rings. The molecule has 0 radical (unpaired) electrons. The predicted molar refractivity (Wildman–Crippen MR) is 87.3 cm³/mol. The number of para-hydroxylation sites is 2. The Labute approximate surface area is 133 Å². The standard InChI is InChI=1S/C15H15N3O3S/c1-21-13-5-3-2-4-12(13)18-15(22)17-9-11-8-10(14(19)20)6-7-16-11/h2-8H,9H2,1H3,(H,19,20)(H2,17,18,22). The molecule has 22 heavy (non-hydrogen) atoms. The molecule has 0 aliphatic rings. The molecule has 0 amide bonds. The highest BCUT2D eigenvalue weighted by Gasteiger charge is 2.06. The second kappa shape index (κ2) is 7.37. The lowest BCUT2D eigenvalue weighted by Gasteiger charge is -2.13. The lowest BCUT2D eigenvalue weighted by atomic mass is 10.2. The summed E-state index contributed by atoms with van der Waals surface area (Å²) in [4.78, 5) is 15.0. The number of nitrogens with one attached hydrogen (secondary N) is 2. The first-order chi connectivity index (χ1) is 10.6. The van der Waals surface area contributed by atoms with Crippen LogP contribution in [0.25, 0.3) is 0 Å². The van der Waals surface area contributed by atoms with Gasteiger partial charge in [0.05, 0.1) is 30.6 Å². The van der Waals surface area contributed by atoms with Crippen LogP contribution in [0.1, 0.15) is 16.1 Å². The highest BCUT2D eigenvalue weighted by Crippen LogP contribution is 2.22. The molecule has 1 aromatic carbocycles. The van der Waals surface area contributed by atoms with E-state index in [0.717, 1.165) is 5.69 Å². The van der Waals surface area contributed by atoms with Crippen molar-refractivity contribution < 1.29 is 14.6 Å². The zero-order chi connectivity index (χ0) is 15.9. The quantitative estimate of drug-likeness (QED) is 0.730. The molecule has 1 heterocycles. The maximum atomic E-state index is 10.9. The van der Waals surface area contributed by atoms with Gasteiger partial charge in [-0.2, -0.15) is 0 Å². The number of methoxy groups -OCH3 is 1. The normalized spacial score (nSPS) is 9.86. The summed E-state index contributed by atoms with van der Waals surface area (Å²) in [5.74, 6) is -0.309. The van der Waals surface area contributed by atoms with Crippen molar-refractivity contribution in [3.8, 4) is 5.75 Å². The van der Waals surface area contributed by atoms with Crippen molar-refractivity contribution in [2.45, 2.75) is 6.54 Å². The molecule has 0 saturated heterocycles. The minimum Gasteiger partial charge on any atom is -0.495 e. The van der Waals surface area contributed by atoms with Gasteiger partial charge < -0.3 is 20.5 Å². The molecule has 1 aromatic heterocycles. The first-order valence-electron chi connectivity index (χ1n) is 6.46. The molecule has 0 atom stereocenters. The number of hydrogen-bond acceptors (Lipinski definition) is 4. The van der Waals surface area contributed by atoms with Crippen LogP contribution < -0.4 is 15.4 Å². The fourth-order valence-corrected chi connectivity index (χ4v) is 1.98. The van der Waals surface area contributed by atoms with Gasteiger partial charge in [-0.1, -0.05) is 12.1 Å². The number of carbonyl (C=O) groups is 1. The van der Waals surface area contributed by atoms with Crippen molar-refractivity contribution in [3.63, 3.8) is 0 Å². The lowest BCUT2D eigenvalue weighted by Crippen LogP contribution is -2.28. The molecule has 2 rings (SSSR count). The Morgan fingerprint density at radius 3 is 2.86 bits per heavy atom. The number of hydrogen-bond donors (Lipinski definition) is 3. The number of aromatic nitrogens is 1. The molecule has 0 aliphatic carbocycles. The van der Waals surface area contributed by atoms with Gasteiger partial charge in [0.2, 0.25) is 0 Å². The van der Waals surface area contributed by atoms with Gasteiger partial charge >= 0.3 is 5.97 Å². The van der Waals surface area contributed by atoms with Crippen LogP contribution in [0.5, 0.6) is 5.75 Å². The average Bonchev–Trinajstić information content (AvgIpc) is 2.53. The van der Waals surface area contributed by atoms with E-state index < -0.39 is 5.97 Å². The topological polar surface area (TPSA) is 83.5 Å². The van der Waals surface area contributed by atoms with Crippen LogP contribution in [-0.4, -0.2) is 28.3 Å². The molecule has 0 unspecified atom stereocenters. The number of aromatic carboxylic acids is 1. The predicted octanol–water partition coefficient (Wildman–Crippen LogP) is 2.28. The smallest absolute Gasteiger partial charge is 0.335 e. The molecule has 7 heteroatoms. The Morgan fingerprint density at radius 2 is 2.14 bits per heavy atom. The fourth-order valence-electron chi connectivity index (χ4n) is 1.79. The van der Waals surface area contributed by atoms with E-state index in [-0.39, 0.29) is 5.56 Å². The van der Waals surface area contributed by atoms with E-state index in [1.807, 2.05) is 24.3 Å². The van der Waals surface area contributed by atoms with E-state index in [9.17, 15) is 4.79 Å². The van der Waals surface area contributed by atoms with Crippen molar-refractivity contribution in [1.82, 2.24) is 10.3 Å². The maximum Gasteiger partial charge on any atom is 0.335 e. The Bertz CT molecular complexity index is 691. The average molecular weight is 317 g/mol. The second-order valence-corrected chi connectivity index (χ2v) is 4.76. The van der Waals surface area contributed by atoms with Gasteiger partial charge in [-0.05, 0) is 36.5 Å². The third kappa shape index (κ3) is 4.16. The summed E-state index contributed by atoms with van der Waals surface area (Å²) in [5.41, 5.74) is 1.52.